The van der Waals surface area contributed by atoms with Crippen molar-refractivity contribution < 1.29 is 14.3 Å². The quantitative estimate of drug-likeness (QED) is 0.595. The number of carbonyl (C=O) groups is 1. The van der Waals surface area contributed by atoms with Crippen LogP contribution >= 0.6 is 0 Å². The Bertz CT molecular complexity index is 857. The molecule has 0 bridgehead atoms. The van der Waals surface area contributed by atoms with Gasteiger partial charge in [0.05, 0.1) is 26.2 Å². The van der Waals surface area contributed by atoms with Gasteiger partial charge in [-0.05, 0) is 47.4 Å². The van der Waals surface area contributed by atoms with Crippen molar-refractivity contribution in [2.45, 2.75) is 65.1 Å². The number of carbonyl (C=O) groups excluding carboxylic acids is 1. The van der Waals surface area contributed by atoms with Gasteiger partial charge >= 0.3 is 0 Å². The van der Waals surface area contributed by atoms with E-state index in [0.717, 1.165) is 23.1 Å². The average Bonchev–Trinajstić information content (AvgIpc) is 2.72. The lowest BCUT2D eigenvalue weighted by Gasteiger charge is -2.32. The Morgan fingerprint density at radius 2 is 1.48 bits per heavy atom. The molecule has 2 atom stereocenters. The van der Waals surface area contributed by atoms with Crippen molar-refractivity contribution in [3.8, 4) is 11.5 Å². The van der Waals surface area contributed by atoms with Gasteiger partial charge in [-0.15, -0.1) is 0 Å². The van der Waals surface area contributed by atoms with Crippen molar-refractivity contribution in [3.63, 3.8) is 0 Å². The molecule has 0 saturated carbocycles. The van der Waals surface area contributed by atoms with Crippen LogP contribution in [0.4, 0.5) is 5.69 Å². The van der Waals surface area contributed by atoms with Crippen molar-refractivity contribution in [1.82, 2.24) is 10.6 Å². The van der Waals surface area contributed by atoms with E-state index in [0.29, 0.717) is 29.3 Å². The van der Waals surface area contributed by atoms with Crippen molar-refractivity contribution in [3.05, 3.63) is 53.1 Å². The van der Waals surface area contributed by atoms with Crippen molar-refractivity contribution >= 4 is 11.6 Å². The van der Waals surface area contributed by atoms with Gasteiger partial charge in [0.1, 0.15) is 0 Å². The first-order chi connectivity index (χ1) is 14.7. The summed E-state index contributed by atoms with van der Waals surface area (Å²) in [6.07, 6.45) is 0.725. The number of ether oxygens (including phenoxy) is 2. The van der Waals surface area contributed by atoms with Gasteiger partial charge in [-0.3, -0.25) is 4.79 Å². The molecule has 1 heterocycles. The molecule has 2 unspecified atom stereocenters. The Balaban J connectivity index is 0.000000423. The maximum absolute atomic E-state index is 12.6. The van der Waals surface area contributed by atoms with E-state index in [1.807, 2.05) is 43.3 Å². The molecule has 6 heteroatoms. The number of hydrogen-bond donors (Lipinski definition) is 3. The summed E-state index contributed by atoms with van der Waals surface area (Å²) in [6.45, 7) is 10.6. The number of amides is 1. The number of nitrogen functional groups attached to an aromatic ring is 1. The van der Waals surface area contributed by atoms with Gasteiger partial charge in [-0.1, -0.05) is 46.8 Å². The first-order valence-corrected chi connectivity index (χ1v) is 10.9. The molecular formula is C25H37N3O3. The summed E-state index contributed by atoms with van der Waals surface area (Å²) >= 11 is 0. The molecule has 0 aromatic heterocycles. The number of hydrogen-bond acceptors (Lipinski definition) is 5. The first-order valence-electron chi connectivity index (χ1n) is 10.9. The third-order valence-electron chi connectivity index (χ3n) is 5.22. The number of methoxy groups -OCH3 is 2. The van der Waals surface area contributed by atoms with Gasteiger partial charge in [-0.2, -0.15) is 0 Å². The minimum absolute atomic E-state index is 0.0269. The van der Waals surface area contributed by atoms with Crippen LogP contribution in [0.3, 0.4) is 0 Å². The monoisotopic (exact) mass is 427 g/mol. The number of nitrogens with two attached hydrogens (primary N) is 1. The zero-order valence-corrected chi connectivity index (χ0v) is 19.8. The normalized spacial score (nSPS) is 17.5. The standard InChI is InChI=1S/C19H22N2O3.C6H15N/c1-4-13-14-9-16(23-2)17(24-3)10-15(14)18(21-19(13)22)11-5-7-12(20)8-6-11;1-5(2)7-6(3)4/h5-10,13,18H,4,20H2,1-3H3,(H,21,22);5-7H,1-4H3. The van der Waals surface area contributed by atoms with Crippen LogP contribution in [-0.4, -0.2) is 32.2 Å². The Morgan fingerprint density at radius 3 is 1.90 bits per heavy atom. The van der Waals surface area contributed by atoms with Crippen LogP contribution in [0.5, 0.6) is 11.5 Å². The van der Waals surface area contributed by atoms with E-state index in [4.69, 9.17) is 15.2 Å². The lowest BCUT2D eigenvalue weighted by atomic mass is 9.82. The molecule has 2 aromatic rings. The molecule has 0 saturated heterocycles. The van der Waals surface area contributed by atoms with E-state index in [-0.39, 0.29) is 17.9 Å². The molecule has 1 aliphatic heterocycles. The largest absolute Gasteiger partial charge is 0.493 e. The van der Waals surface area contributed by atoms with E-state index in [1.54, 1.807) is 14.2 Å². The zero-order valence-electron chi connectivity index (χ0n) is 19.8. The Labute approximate surface area is 186 Å². The van der Waals surface area contributed by atoms with Crippen LogP contribution in [0, 0.1) is 0 Å². The Morgan fingerprint density at radius 1 is 0.968 bits per heavy atom. The van der Waals surface area contributed by atoms with Crippen LogP contribution in [0.15, 0.2) is 36.4 Å². The molecule has 6 nitrogen and oxygen atoms in total. The molecule has 1 aliphatic rings. The molecule has 0 spiro atoms. The topological polar surface area (TPSA) is 85.6 Å². The maximum atomic E-state index is 12.6. The fourth-order valence-electron chi connectivity index (χ4n) is 3.95. The van der Waals surface area contributed by atoms with Gasteiger partial charge in [0, 0.05) is 17.8 Å². The van der Waals surface area contributed by atoms with Gasteiger partial charge in [0.25, 0.3) is 0 Å². The highest BCUT2D eigenvalue weighted by atomic mass is 16.5. The summed E-state index contributed by atoms with van der Waals surface area (Å²) in [5.74, 6) is 1.13. The van der Waals surface area contributed by atoms with Crippen molar-refractivity contribution in [2.24, 2.45) is 0 Å². The van der Waals surface area contributed by atoms with Gasteiger partial charge in [-0.25, -0.2) is 0 Å². The summed E-state index contributed by atoms with van der Waals surface area (Å²) in [5, 5.41) is 6.43. The molecule has 170 valence electrons. The van der Waals surface area contributed by atoms with Gasteiger partial charge in [0.15, 0.2) is 11.5 Å². The number of benzene rings is 2. The van der Waals surface area contributed by atoms with Gasteiger partial charge in [0.2, 0.25) is 5.91 Å². The predicted molar refractivity (Wildman–Crippen MR) is 127 cm³/mol. The SMILES string of the molecule is CC(C)NC(C)C.CCC1C(=O)NC(c2ccc(N)cc2)c2cc(OC)c(OC)cc21. The summed E-state index contributed by atoms with van der Waals surface area (Å²) in [5.41, 5.74) is 9.48. The number of rotatable bonds is 6. The Hall–Kier alpha value is -2.73. The minimum Gasteiger partial charge on any atom is -0.493 e. The van der Waals surface area contributed by atoms with E-state index in [1.165, 1.54) is 0 Å². The highest BCUT2D eigenvalue weighted by Crippen LogP contribution is 2.42. The molecule has 3 rings (SSSR count). The van der Waals surface area contributed by atoms with E-state index in [2.05, 4.69) is 38.3 Å². The van der Waals surface area contributed by atoms with Gasteiger partial charge < -0.3 is 25.8 Å². The van der Waals surface area contributed by atoms with Crippen molar-refractivity contribution in [1.29, 1.82) is 0 Å². The summed E-state index contributed by atoms with van der Waals surface area (Å²) in [4.78, 5) is 12.6. The van der Waals surface area contributed by atoms with Crippen LogP contribution in [0.25, 0.3) is 0 Å². The smallest absolute Gasteiger partial charge is 0.228 e. The maximum Gasteiger partial charge on any atom is 0.228 e. The van der Waals surface area contributed by atoms with E-state index in [9.17, 15) is 4.79 Å². The number of anilines is 1. The first kappa shape index (κ1) is 24.5. The second-order valence-corrected chi connectivity index (χ2v) is 8.38. The minimum atomic E-state index is -0.226. The molecule has 2 aromatic carbocycles. The van der Waals surface area contributed by atoms with E-state index >= 15 is 0 Å². The predicted octanol–water partition coefficient (Wildman–Crippen LogP) is 4.39. The zero-order chi connectivity index (χ0) is 23.1. The fourth-order valence-corrected chi connectivity index (χ4v) is 3.95. The summed E-state index contributed by atoms with van der Waals surface area (Å²) in [6, 6.07) is 12.5. The third-order valence-corrected chi connectivity index (χ3v) is 5.22. The third kappa shape index (κ3) is 6.14. The molecule has 31 heavy (non-hydrogen) atoms. The van der Waals surface area contributed by atoms with Crippen LogP contribution in [0.1, 0.15) is 69.7 Å². The number of fused-ring (bicyclic) bond motifs is 1. The molecule has 0 radical (unpaired) electrons. The molecule has 4 N–H and O–H groups in total. The Kier molecular flexibility index (Phi) is 8.75. The second-order valence-electron chi connectivity index (χ2n) is 8.38. The second kappa shape index (κ2) is 11.0. The lowest BCUT2D eigenvalue weighted by molar-refractivity contribution is -0.123. The van der Waals surface area contributed by atoms with Crippen LogP contribution in [0.2, 0.25) is 0 Å². The van der Waals surface area contributed by atoms with Crippen LogP contribution < -0.4 is 25.8 Å². The molecular weight excluding hydrogens is 390 g/mol. The molecule has 1 amide bonds. The van der Waals surface area contributed by atoms with Crippen molar-refractivity contribution in [2.75, 3.05) is 20.0 Å². The average molecular weight is 428 g/mol. The highest BCUT2D eigenvalue weighted by molar-refractivity contribution is 5.87. The highest BCUT2D eigenvalue weighted by Gasteiger charge is 2.34. The molecule has 0 aliphatic carbocycles. The fraction of sp³-hybridized carbons (Fsp3) is 0.480. The van der Waals surface area contributed by atoms with Crippen LogP contribution in [-0.2, 0) is 4.79 Å². The summed E-state index contributed by atoms with van der Waals surface area (Å²) < 4.78 is 10.9. The lowest BCUT2D eigenvalue weighted by Crippen LogP contribution is -2.39. The number of nitrogens with one attached hydrogen (secondary N) is 2. The molecule has 0 fully saturated rings. The van der Waals surface area contributed by atoms with E-state index < -0.39 is 0 Å². The summed E-state index contributed by atoms with van der Waals surface area (Å²) in [7, 11) is 3.22.